The Hall–Kier alpha value is -2.49. The minimum Gasteiger partial charge on any atom is -0.361 e. The van der Waals surface area contributed by atoms with E-state index >= 15 is 0 Å². The zero-order valence-electron chi connectivity index (χ0n) is 12.8. The van der Waals surface area contributed by atoms with Crippen LogP contribution in [0.1, 0.15) is 27.9 Å². The molecule has 3 rings (SSSR count). The fourth-order valence-electron chi connectivity index (χ4n) is 2.66. The first-order chi connectivity index (χ1) is 11.0. The molecule has 1 aromatic heterocycles. The number of aromatic nitrogens is 1. The van der Waals surface area contributed by atoms with Gasteiger partial charge in [-0.2, -0.15) is 8.78 Å². The molecule has 2 aromatic carbocycles. The molecule has 1 N–H and O–H groups in total. The SMILES string of the molecule is Cc1ccc(C(=O)C(F)(F)CCc2c[nH]c3ccccc23)cc1. The molecule has 118 valence electrons. The van der Waals surface area contributed by atoms with Gasteiger partial charge < -0.3 is 4.98 Å². The standard InChI is InChI=1S/C19H17F2NO/c1-13-6-8-14(9-7-13)18(23)19(20,21)11-10-15-12-22-17-5-3-2-4-16(15)17/h2-9,12,22H,10-11H2,1H3. The Morgan fingerprint density at radius 2 is 1.78 bits per heavy atom. The van der Waals surface area contributed by atoms with Crippen molar-refractivity contribution in [3.8, 4) is 0 Å². The third kappa shape index (κ3) is 3.16. The summed E-state index contributed by atoms with van der Waals surface area (Å²) in [5.41, 5.74) is 2.70. The summed E-state index contributed by atoms with van der Waals surface area (Å²) in [6, 6.07) is 13.8. The van der Waals surface area contributed by atoms with Crippen molar-refractivity contribution in [1.29, 1.82) is 0 Å². The van der Waals surface area contributed by atoms with Crippen molar-refractivity contribution in [2.45, 2.75) is 25.7 Å². The zero-order valence-corrected chi connectivity index (χ0v) is 12.8. The van der Waals surface area contributed by atoms with Crippen LogP contribution in [0.5, 0.6) is 0 Å². The maximum atomic E-state index is 14.2. The molecular weight excluding hydrogens is 296 g/mol. The minimum atomic E-state index is -3.37. The molecule has 0 aliphatic heterocycles. The van der Waals surface area contributed by atoms with E-state index in [1.54, 1.807) is 18.3 Å². The number of hydrogen-bond donors (Lipinski definition) is 1. The Kier molecular flexibility index (Phi) is 3.99. The van der Waals surface area contributed by atoms with Crippen LogP contribution >= 0.6 is 0 Å². The lowest BCUT2D eigenvalue weighted by Crippen LogP contribution is -2.29. The number of ketones is 1. The van der Waals surface area contributed by atoms with E-state index < -0.39 is 18.1 Å². The second kappa shape index (κ2) is 5.95. The topological polar surface area (TPSA) is 32.9 Å². The average molecular weight is 313 g/mol. The molecule has 0 fully saturated rings. The van der Waals surface area contributed by atoms with Crippen molar-refractivity contribution in [1.82, 2.24) is 4.98 Å². The van der Waals surface area contributed by atoms with E-state index in [4.69, 9.17) is 0 Å². The van der Waals surface area contributed by atoms with Gasteiger partial charge >= 0.3 is 5.92 Å². The number of rotatable bonds is 5. The number of carbonyl (C=O) groups excluding carboxylic acids is 1. The number of carbonyl (C=O) groups is 1. The van der Waals surface area contributed by atoms with Gasteiger partial charge in [0.1, 0.15) is 0 Å². The molecule has 23 heavy (non-hydrogen) atoms. The highest BCUT2D eigenvalue weighted by Crippen LogP contribution is 2.28. The number of Topliss-reactive ketones (excluding diaryl/α,β-unsaturated/α-hetero) is 1. The van der Waals surface area contributed by atoms with Crippen LogP contribution in [0, 0.1) is 6.92 Å². The first-order valence-corrected chi connectivity index (χ1v) is 7.52. The van der Waals surface area contributed by atoms with Gasteiger partial charge in [0.25, 0.3) is 0 Å². The van der Waals surface area contributed by atoms with Crippen LogP contribution in [0.2, 0.25) is 0 Å². The molecule has 3 aromatic rings. The fourth-order valence-corrected chi connectivity index (χ4v) is 2.66. The minimum absolute atomic E-state index is 0.0551. The smallest absolute Gasteiger partial charge is 0.310 e. The van der Waals surface area contributed by atoms with Gasteiger partial charge in [-0.3, -0.25) is 4.79 Å². The van der Waals surface area contributed by atoms with Crippen LogP contribution < -0.4 is 0 Å². The number of para-hydroxylation sites is 1. The molecule has 0 saturated carbocycles. The number of fused-ring (bicyclic) bond motifs is 1. The number of hydrogen-bond acceptors (Lipinski definition) is 1. The molecule has 0 aliphatic rings. The summed E-state index contributed by atoms with van der Waals surface area (Å²) < 4.78 is 28.5. The molecule has 0 radical (unpaired) electrons. The number of halogens is 2. The summed E-state index contributed by atoms with van der Waals surface area (Å²) in [6.07, 6.45) is 1.38. The maximum Gasteiger partial charge on any atom is 0.310 e. The maximum absolute atomic E-state index is 14.2. The third-order valence-corrected chi connectivity index (χ3v) is 4.03. The summed E-state index contributed by atoms with van der Waals surface area (Å²) in [5, 5.41) is 0.922. The van der Waals surface area contributed by atoms with E-state index in [-0.39, 0.29) is 12.0 Å². The Balaban J connectivity index is 1.75. The first kappa shape index (κ1) is 15.4. The van der Waals surface area contributed by atoms with Crippen molar-refractivity contribution < 1.29 is 13.6 Å². The highest BCUT2D eigenvalue weighted by Gasteiger charge is 2.38. The van der Waals surface area contributed by atoms with Crippen LogP contribution in [0.3, 0.4) is 0 Å². The molecule has 2 nitrogen and oxygen atoms in total. The summed E-state index contributed by atoms with van der Waals surface area (Å²) in [5.74, 6) is -4.48. The van der Waals surface area contributed by atoms with Gasteiger partial charge in [0, 0.05) is 29.1 Å². The molecule has 1 heterocycles. The summed E-state index contributed by atoms with van der Waals surface area (Å²) in [6.45, 7) is 1.85. The van der Waals surface area contributed by atoms with Crippen molar-refractivity contribution in [2.24, 2.45) is 0 Å². The lowest BCUT2D eigenvalue weighted by molar-refractivity contribution is 0.00521. The number of aromatic amines is 1. The Morgan fingerprint density at radius 3 is 2.52 bits per heavy atom. The predicted molar refractivity (Wildman–Crippen MR) is 87.1 cm³/mol. The third-order valence-electron chi connectivity index (χ3n) is 4.03. The van der Waals surface area contributed by atoms with E-state index in [1.165, 1.54) is 12.1 Å². The predicted octanol–water partition coefficient (Wildman–Crippen LogP) is 4.93. The van der Waals surface area contributed by atoms with Crippen molar-refractivity contribution >= 4 is 16.7 Å². The monoisotopic (exact) mass is 313 g/mol. The number of benzene rings is 2. The van der Waals surface area contributed by atoms with Gasteiger partial charge in [-0.25, -0.2) is 0 Å². The van der Waals surface area contributed by atoms with E-state index in [1.807, 2.05) is 31.2 Å². The van der Waals surface area contributed by atoms with E-state index in [0.717, 1.165) is 22.0 Å². The Morgan fingerprint density at radius 1 is 1.09 bits per heavy atom. The van der Waals surface area contributed by atoms with Crippen molar-refractivity contribution in [3.05, 3.63) is 71.4 Å². The van der Waals surface area contributed by atoms with E-state index in [9.17, 15) is 13.6 Å². The second-order valence-corrected chi connectivity index (χ2v) is 5.76. The Bertz CT molecular complexity index is 834. The van der Waals surface area contributed by atoms with Gasteiger partial charge in [-0.15, -0.1) is 0 Å². The molecule has 0 aliphatic carbocycles. The first-order valence-electron chi connectivity index (χ1n) is 7.52. The summed E-state index contributed by atoms with van der Waals surface area (Å²) >= 11 is 0. The molecule has 4 heteroatoms. The number of aryl methyl sites for hydroxylation is 2. The van der Waals surface area contributed by atoms with Crippen LogP contribution in [0.25, 0.3) is 10.9 Å². The fraction of sp³-hybridized carbons (Fsp3) is 0.211. The highest BCUT2D eigenvalue weighted by molar-refractivity contribution is 6.01. The van der Waals surface area contributed by atoms with Crippen molar-refractivity contribution in [3.63, 3.8) is 0 Å². The van der Waals surface area contributed by atoms with E-state index in [2.05, 4.69) is 4.98 Å². The van der Waals surface area contributed by atoms with Crippen molar-refractivity contribution in [2.75, 3.05) is 0 Å². The normalized spacial score (nSPS) is 11.8. The Labute approximate surface area is 133 Å². The van der Waals surface area contributed by atoms with Gasteiger partial charge in [0.15, 0.2) is 0 Å². The highest BCUT2D eigenvalue weighted by atomic mass is 19.3. The quantitative estimate of drug-likeness (QED) is 0.666. The molecule has 0 atom stereocenters. The van der Waals surface area contributed by atoms with Crippen LogP contribution in [-0.2, 0) is 6.42 Å². The van der Waals surface area contributed by atoms with Gasteiger partial charge in [-0.1, -0.05) is 48.0 Å². The summed E-state index contributed by atoms with van der Waals surface area (Å²) in [4.78, 5) is 15.1. The number of nitrogens with one attached hydrogen (secondary N) is 1. The van der Waals surface area contributed by atoms with Crippen LogP contribution in [0.15, 0.2) is 54.7 Å². The lowest BCUT2D eigenvalue weighted by Gasteiger charge is -2.15. The molecule has 0 bridgehead atoms. The van der Waals surface area contributed by atoms with Gasteiger partial charge in [0.2, 0.25) is 5.78 Å². The zero-order chi connectivity index (χ0) is 16.4. The molecule has 0 unspecified atom stereocenters. The largest absolute Gasteiger partial charge is 0.361 e. The number of alkyl halides is 2. The number of H-pyrrole nitrogens is 1. The molecule has 0 saturated heterocycles. The molecular formula is C19H17F2NO. The van der Waals surface area contributed by atoms with Crippen LogP contribution in [0.4, 0.5) is 8.78 Å². The van der Waals surface area contributed by atoms with E-state index in [0.29, 0.717) is 0 Å². The second-order valence-electron chi connectivity index (χ2n) is 5.76. The summed E-state index contributed by atoms with van der Waals surface area (Å²) in [7, 11) is 0. The van der Waals surface area contributed by atoms with Gasteiger partial charge in [-0.05, 0) is 25.0 Å². The van der Waals surface area contributed by atoms with Gasteiger partial charge in [0.05, 0.1) is 0 Å². The molecule has 0 amide bonds. The molecule has 0 spiro atoms. The van der Waals surface area contributed by atoms with Crippen LogP contribution in [-0.4, -0.2) is 16.7 Å². The average Bonchev–Trinajstić information content (AvgIpc) is 2.96. The lowest BCUT2D eigenvalue weighted by atomic mass is 9.98.